The van der Waals surface area contributed by atoms with Crippen LogP contribution in [0.5, 0.6) is 5.75 Å². The number of nitrogens with one attached hydrogen (secondary N) is 2. The number of pyridine rings is 1. The molecule has 1 aliphatic heterocycles. The molecule has 6 heteroatoms. The van der Waals surface area contributed by atoms with Crippen LogP contribution in [0.15, 0.2) is 47.4 Å². The fraction of sp³-hybridized carbons (Fsp3) is 0.417. The first-order valence-electron chi connectivity index (χ1n) is 11.0. The molecule has 0 saturated carbocycles. The minimum Gasteiger partial charge on any atom is -0.490 e. The van der Waals surface area contributed by atoms with Gasteiger partial charge in [-0.15, -0.1) is 0 Å². The average Bonchev–Trinajstić information content (AvgIpc) is 3.27. The van der Waals surface area contributed by atoms with Crippen molar-refractivity contribution in [1.82, 2.24) is 14.7 Å². The van der Waals surface area contributed by atoms with Crippen molar-refractivity contribution >= 4 is 11.3 Å². The summed E-state index contributed by atoms with van der Waals surface area (Å²) in [7, 11) is 0. The molecular formula is C24H30N4O2. The number of nitrogens with zero attached hydrogens (tertiary/aromatic N) is 2. The van der Waals surface area contributed by atoms with Crippen LogP contribution in [0.3, 0.4) is 0 Å². The molecule has 0 bridgehead atoms. The van der Waals surface area contributed by atoms with Crippen molar-refractivity contribution in [1.29, 1.82) is 0 Å². The number of aromatic nitrogens is 2. The average molecular weight is 407 g/mol. The van der Waals surface area contributed by atoms with Crippen molar-refractivity contribution in [2.45, 2.75) is 45.6 Å². The van der Waals surface area contributed by atoms with E-state index in [1.807, 2.05) is 31.2 Å². The van der Waals surface area contributed by atoms with E-state index in [1.54, 1.807) is 10.6 Å². The maximum atomic E-state index is 13.5. The van der Waals surface area contributed by atoms with Crippen LogP contribution in [-0.2, 0) is 6.42 Å². The molecule has 0 radical (unpaired) electrons. The van der Waals surface area contributed by atoms with Gasteiger partial charge in [0.15, 0.2) is 11.4 Å². The number of fused-ring (bicyclic) bond motifs is 1. The highest BCUT2D eigenvalue weighted by Gasteiger charge is 2.18. The first-order chi connectivity index (χ1) is 14.7. The standard InChI is InChI=1S/C24H30N4O2/c1-3-5-7-20-22(17-9-11-18(12-10-17)26-19-13-14-25-16-19)24(29)28-15-6-8-21(30-4-2)23(28)27-20/h6,8-12,15,19,25-26H,3-5,7,13-14,16H2,1-2H3/t19-/m0/s1. The number of hydrogen-bond donors (Lipinski definition) is 2. The Morgan fingerprint density at radius 2 is 2.07 bits per heavy atom. The molecule has 30 heavy (non-hydrogen) atoms. The SMILES string of the molecule is CCCCc1nc2c(OCC)cccn2c(=O)c1-c1ccc(N[C@H]2CCNC2)cc1. The number of unbranched alkanes of at least 4 members (excludes halogenated alkanes) is 1. The summed E-state index contributed by atoms with van der Waals surface area (Å²) in [5, 5.41) is 6.93. The van der Waals surface area contributed by atoms with Gasteiger partial charge in [-0.1, -0.05) is 25.5 Å². The Morgan fingerprint density at radius 3 is 2.77 bits per heavy atom. The molecule has 6 nitrogen and oxygen atoms in total. The second-order valence-corrected chi connectivity index (χ2v) is 7.75. The number of rotatable bonds is 8. The number of benzene rings is 1. The Morgan fingerprint density at radius 1 is 1.23 bits per heavy atom. The quantitative estimate of drug-likeness (QED) is 0.594. The lowest BCUT2D eigenvalue weighted by molar-refractivity contribution is 0.342. The van der Waals surface area contributed by atoms with E-state index >= 15 is 0 Å². The Bertz CT molecular complexity index is 1050. The normalized spacial score (nSPS) is 16.1. The number of hydrogen-bond acceptors (Lipinski definition) is 5. The summed E-state index contributed by atoms with van der Waals surface area (Å²) in [6, 6.07) is 12.3. The Labute approximate surface area is 177 Å². The molecule has 1 fully saturated rings. The molecule has 4 rings (SSSR count). The number of anilines is 1. The van der Waals surface area contributed by atoms with Gasteiger partial charge in [-0.05, 0) is 62.6 Å². The molecule has 158 valence electrons. The van der Waals surface area contributed by atoms with Crippen LogP contribution >= 0.6 is 0 Å². The fourth-order valence-corrected chi connectivity index (χ4v) is 4.01. The molecule has 0 spiro atoms. The van der Waals surface area contributed by atoms with Crippen LogP contribution in [-0.4, -0.2) is 35.1 Å². The van der Waals surface area contributed by atoms with Crippen molar-refractivity contribution in [2.75, 3.05) is 25.0 Å². The van der Waals surface area contributed by atoms with Gasteiger partial charge in [-0.25, -0.2) is 4.98 Å². The summed E-state index contributed by atoms with van der Waals surface area (Å²) in [5.74, 6) is 0.645. The van der Waals surface area contributed by atoms with Crippen LogP contribution in [0, 0.1) is 0 Å². The van der Waals surface area contributed by atoms with E-state index in [1.165, 1.54) is 0 Å². The van der Waals surface area contributed by atoms with E-state index in [0.717, 1.165) is 55.7 Å². The third-order valence-corrected chi connectivity index (χ3v) is 5.57. The van der Waals surface area contributed by atoms with E-state index in [2.05, 4.69) is 29.7 Å². The van der Waals surface area contributed by atoms with Gasteiger partial charge in [0.2, 0.25) is 0 Å². The molecule has 1 saturated heterocycles. The molecule has 1 aromatic carbocycles. The molecule has 1 aliphatic rings. The zero-order chi connectivity index (χ0) is 20.9. The maximum absolute atomic E-state index is 13.5. The summed E-state index contributed by atoms with van der Waals surface area (Å²) in [5.41, 5.74) is 4.05. The first-order valence-corrected chi connectivity index (χ1v) is 11.0. The Kier molecular flexibility index (Phi) is 6.33. The molecule has 2 aromatic heterocycles. The van der Waals surface area contributed by atoms with E-state index in [-0.39, 0.29) is 5.56 Å². The zero-order valence-electron chi connectivity index (χ0n) is 17.8. The van der Waals surface area contributed by atoms with E-state index < -0.39 is 0 Å². The van der Waals surface area contributed by atoms with Gasteiger partial charge in [0, 0.05) is 24.5 Å². The third-order valence-electron chi connectivity index (χ3n) is 5.57. The van der Waals surface area contributed by atoms with E-state index in [0.29, 0.717) is 29.6 Å². The lowest BCUT2D eigenvalue weighted by Gasteiger charge is -2.15. The van der Waals surface area contributed by atoms with Crippen molar-refractivity contribution in [3.8, 4) is 16.9 Å². The predicted molar refractivity (Wildman–Crippen MR) is 122 cm³/mol. The highest BCUT2D eigenvalue weighted by atomic mass is 16.5. The van der Waals surface area contributed by atoms with Crippen LogP contribution in [0.25, 0.3) is 16.8 Å². The van der Waals surface area contributed by atoms with Gasteiger partial charge in [-0.2, -0.15) is 0 Å². The molecule has 3 aromatic rings. The second-order valence-electron chi connectivity index (χ2n) is 7.75. The predicted octanol–water partition coefficient (Wildman–Crippen LogP) is 3.88. The van der Waals surface area contributed by atoms with Gasteiger partial charge in [-0.3, -0.25) is 9.20 Å². The van der Waals surface area contributed by atoms with Gasteiger partial charge in [0.25, 0.3) is 5.56 Å². The zero-order valence-corrected chi connectivity index (χ0v) is 17.8. The topological polar surface area (TPSA) is 67.7 Å². The molecular weight excluding hydrogens is 376 g/mol. The number of aryl methyl sites for hydroxylation is 1. The summed E-state index contributed by atoms with van der Waals surface area (Å²) in [6.07, 6.45) is 5.70. The Hall–Kier alpha value is -2.86. The van der Waals surface area contributed by atoms with Gasteiger partial charge < -0.3 is 15.4 Å². The molecule has 1 atom stereocenters. The van der Waals surface area contributed by atoms with E-state index in [9.17, 15) is 4.79 Å². The van der Waals surface area contributed by atoms with Crippen molar-refractivity contribution < 1.29 is 4.74 Å². The monoisotopic (exact) mass is 406 g/mol. The third kappa shape index (κ3) is 4.19. The van der Waals surface area contributed by atoms with Crippen LogP contribution < -0.4 is 20.9 Å². The van der Waals surface area contributed by atoms with Crippen molar-refractivity contribution in [2.24, 2.45) is 0 Å². The smallest absolute Gasteiger partial charge is 0.266 e. The van der Waals surface area contributed by atoms with Crippen molar-refractivity contribution in [3.63, 3.8) is 0 Å². The van der Waals surface area contributed by atoms with Gasteiger partial charge >= 0.3 is 0 Å². The molecule has 0 aliphatic carbocycles. The first kappa shape index (κ1) is 20.4. The summed E-state index contributed by atoms with van der Waals surface area (Å²) >= 11 is 0. The number of ether oxygens (including phenoxy) is 1. The largest absolute Gasteiger partial charge is 0.490 e. The minimum atomic E-state index is -0.0478. The van der Waals surface area contributed by atoms with Crippen LogP contribution in [0.4, 0.5) is 5.69 Å². The highest BCUT2D eigenvalue weighted by molar-refractivity contribution is 5.70. The summed E-state index contributed by atoms with van der Waals surface area (Å²) in [6.45, 7) is 6.66. The minimum absolute atomic E-state index is 0.0478. The summed E-state index contributed by atoms with van der Waals surface area (Å²) in [4.78, 5) is 18.4. The summed E-state index contributed by atoms with van der Waals surface area (Å²) < 4.78 is 7.33. The lowest BCUT2D eigenvalue weighted by atomic mass is 10.0. The van der Waals surface area contributed by atoms with Gasteiger partial charge in [0.05, 0.1) is 17.9 Å². The second kappa shape index (κ2) is 9.30. The highest BCUT2D eigenvalue weighted by Crippen LogP contribution is 2.26. The fourth-order valence-electron chi connectivity index (χ4n) is 4.01. The van der Waals surface area contributed by atoms with Crippen LogP contribution in [0.2, 0.25) is 0 Å². The van der Waals surface area contributed by atoms with Crippen molar-refractivity contribution in [3.05, 3.63) is 58.6 Å². The molecule has 0 unspecified atom stereocenters. The van der Waals surface area contributed by atoms with Gasteiger partial charge in [0.1, 0.15) is 0 Å². The van der Waals surface area contributed by atoms with Crippen LogP contribution in [0.1, 0.15) is 38.8 Å². The molecule has 2 N–H and O–H groups in total. The molecule has 0 amide bonds. The Balaban J connectivity index is 1.76. The lowest BCUT2D eigenvalue weighted by Crippen LogP contribution is -2.22. The van der Waals surface area contributed by atoms with E-state index in [4.69, 9.17) is 9.72 Å². The molecule has 3 heterocycles. The maximum Gasteiger partial charge on any atom is 0.266 e.